The molecule has 0 saturated heterocycles. The Balaban J connectivity index is 2.30. The summed E-state index contributed by atoms with van der Waals surface area (Å²) in [7, 11) is 0. The number of Topliss-reactive ketones (excluding diaryl/α,β-unsaturated/α-hetero) is 1. The average molecular weight is 285 g/mol. The number of carbonyl (C=O) groups excluding carboxylic acids is 1. The molecule has 0 saturated carbocycles. The van der Waals surface area contributed by atoms with Crippen LogP contribution in [-0.4, -0.2) is 16.9 Å². The van der Waals surface area contributed by atoms with Crippen LogP contribution in [0.1, 0.15) is 33.2 Å². The maximum Gasteiger partial charge on any atom is 0.336 e. The van der Waals surface area contributed by atoms with E-state index in [9.17, 15) is 9.59 Å². The van der Waals surface area contributed by atoms with Crippen molar-refractivity contribution in [3.8, 4) is 5.75 Å². The van der Waals surface area contributed by atoms with Crippen LogP contribution in [0.2, 0.25) is 0 Å². The van der Waals surface area contributed by atoms with E-state index in [1.165, 1.54) is 19.1 Å². The molecule has 0 amide bonds. The van der Waals surface area contributed by atoms with Crippen molar-refractivity contribution in [3.63, 3.8) is 0 Å². The second-order valence-corrected chi connectivity index (χ2v) is 4.57. The lowest BCUT2D eigenvalue weighted by Crippen LogP contribution is -2.09. The number of ketones is 1. The molecule has 5 heteroatoms. The maximum atomic E-state index is 11.5. The first-order chi connectivity index (χ1) is 9.99. The Morgan fingerprint density at radius 1 is 1.14 bits per heavy atom. The van der Waals surface area contributed by atoms with E-state index in [-0.39, 0.29) is 35.0 Å². The van der Waals surface area contributed by atoms with Crippen molar-refractivity contribution in [2.75, 3.05) is 5.73 Å². The second-order valence-electron chi connectivity index (χ2n) is 4.57. The molecule has 0 aliphatic carbocycles. The molecule has 0 bridgehead atoms. The maximum absolute atomic E-state index is 11.5. The minimum absolute atomic E-state index is 0.0760. The standard InChI is InChI=1S/C16H15NO4/c1-10(18)12-7-14(17)15(8-13(12)16(19)20)21-9-11-5-3-2-4-6-11/h2-8H,9,17H2,1H3,(H,19,20). The van der Waals surface area contributed by atoms with Gasteiger partial charge < -0.3 is 15.6 Å². The number of rotatable bonds is 5. The average Bonchev–Trinajstić information content (AvgIpc) is 2.46. The summed E-state index contributed by atoms with van der Waals surface area (Å²) >= 11 is 0. The molecule has 2 rings (SSSR count). The first kappa shape index (κ1) is 14.6. The predicted octanol–water partition coefficient (Wildman–Crippen LogP) is 2.75. The lowest BCUT2D eigenvalue weighted by Gasteiger charge is -2.12. The fourth-order valence-electron chi connectivity index (χ4n) is 1.93. The first-order valence-corrected chi connectivity index (χ1v) is 6.33. The third-order valence-electron chi connectivity index (χ3n) is 3.00. The summed E-state index contributed by atoms with van der Waals surface area (Å²) in [6, 6.07) is 12.1. The molecule has 0 radical (unpaired) electrons. The van der Waals surface area contributed by atoms with E-state index in [1.54, 1.807) is 0 Å². The molecule has 2 aromatic rings. The monoisotopic (exact) mass is 285 g/mol. The number of hydrogen-bond donors (Lipinski definition) is 2. The van der Waals surface area contributed by atoms with E-state index in [4.69, 9.17) is 15.6 Å². The van der Waals surface area contributed by atoms with Crippen molar-refractivity contribution in [2.45, 2.75) is 13.5 Å². The van der Waals surface area contributed by atoms with Crippen LogP contribution in [0.3, 0.4) is 0 Å². The van der Waals surface area contributed by atoms with Crippen LogP contribution in [0.4, 0.5) is 5.69 Å². The van der Waals surface area contributed by atoms with E-state index in [0.717, 1.165) is 5.56 Å². The summed E-state index contributed by atoms with van der Waals surface area (Å²) in [5.74, 6) is -1.29. The SMILES string of the molecule is CC(=O)c1cc(N)c(OCc2ccccc2)cc1C(=O)O. The van der Waals surface area contributed by atoms with Crippen molar-refractivity contribution < 1.29 is 19.4 Å². The van der Waals surface area contributed by atoms with Crippen LogP contribution >= 0.6 is 0 Å². The van der Waals surface area contributed by atoms with Gasteiger partial charge in [0.05, 0.1) is 11.3 Å². The van der Waals surface area contributed by atoms with Crippen molar-refractivity contribution >= 4 is 17.4 Å². The van der Waals surface area contributed by atoms with Gasteiger partial charge in [0.2, 0.25) is 0 Å². The zero-order chi connectivity index (χ0) is 15.4. The fraction of sp³-hybridized carbons (Fsp3) is 0.125. The highest BCUT2D eigenvalue weighted by Gasteiger charge is 2.17. The molecule has 0 aliphatic rings. The molecule has 0 aromatic heterocycles. The Kier molecular flexibility index (Phi) is 4.23. The zero-order valence-corrected chi connectivity index (χ0v) is 11.5. The lowest BCUT2D eigenvalue weighted by atomic mass is 10.0. The number of hydrogen-bond acceptors (Lipinski definition) is 4. The number of carbonyl (C=O) groups is 2. The van der Waals surface area contributed by atoms with Gasteiger partial charge in [0.15, 0.2) is 5.78 Å². The number of benzene rings is 2. The van der Waals surface area contributed by atoms with Gasteiger partial charge in [0.1, 0.15) is 12.4 Å². The molecule has 3 N–H and O–H groups in total. The summed E-state index contributed by atoms with van der Waals surface area (Å²) < 4.78 is 5.55. The number of ether oxygens (including phenoxy) is 1. The minimum Gasteiger partial charge on any atom is -0.487 e. The molecule has 0 fully saturated rings. The van der Waals surface area contributed by atoms with Gasteiger partial charge in [0, 0.05) is 5.56 Å². The largest absolute Gasteiger partial charge is 0.487 e. The van der Waals surface area contributed by atoms with Crippen LogP contribution < -0.4 is 10.5 Å². The van der Waals surface area contributed by atoms with Gasteiger partial charge in [-0.05, 0) is 24.6 Å². The normalized spacial score (nSPS) is 10.1. The second kappa shape index (κ2) is 6.09. The van der Waals surface area contributed by atoms with Crippen LogP contribution in [-0.2, 0) is 6.61 Å². The molecule has 108 valence electrons. The zero-order valence-electron chi connectivity index (χ0n) is 11.5. The van der Waals surface area contributed by atoms with E-state index in [2.05, 4.69) is 0 Å². The number of carboxylic acid groups (broad SMARTS) is 1. The van der Waals surface area contributed by atoms with Crippen LogP contribution in [0.15, 0.2) is 42.5 Å². The molecule has 0 spiro atoms. The van der Waals surface area contributed by atoms with Gasteiger partial charge in [-0.2, -0.15) is 0 Å². The van der Waals surface area contributed by atoms with E-state index < -0.39 is 5.97 Å². The highest BCUT2D eigenvalue weighted by Crippen LogP contribution is 2.27. The Morgan fingerprint density at radius 2 is 1.81 bits per heavy atom. The van der Waals surface area contributed by atoms with Gasteiger partial charge in [-0.25, -0.2) is 4.79 Å². The third-order valence-corrected chi connectivity index (χ3v) is 3.00. The Bertz CT molecular complexity index is 680. The van der Waals surface area contributed by atoms with E-state index >= 15 is 0 Å². The van der Waals surface area contributed by atoms with Gasteiger partial charge in [-0.15, -0.1) is 0 Å². The number of aromatic carboxylic acids is 1. The Labute approximate surface area is 122 Å². The van der Waals surface area contributed by atoms with Gasteiger partial charge in [-0.3, -0.25) is 4.79 Å². The molecular formula is C16H15NO4. The number of nitrogen functional groups attached to an aromatic ring is 1. The topological polar surface area (TPSA) is 89.6 Å². The molecule has 21 heavy (non-hydrogen) atoms. The fourth-order valence-corrected chi connectivity index (χ4v) is 1.93. The Hall–Kier alpha value is -2.82. The smallest absolute Gasteiger partial charge is 0.336 e. The van der Waals surface area contributed by atoms with Crippen LogP contribution in [0, 0.1) is 0 Å². The third kappa shape index (κ3) is 3.39. The number of anilines is 1. The minimum atomic E-state index is -1.19. The van der Waals surface area contributed by atoms with Gasteiger partial charge >= 0.3 is 5.97 Å². The Morgan fingerprint density at radius 3 is 2.38 bits per heavy atom. The van der Waals surface area contributed by atoms with E-state index in [1.807, 2.05) is 30.3 Å². The highest BCUT2D eigenvalue weighted by molar-refractivity contribution is 6.06. The molecular weight excluding hydrogens is 270 g/mol. The van der Waals surface area contributed by atoms with Crippen molar-refractivity contribution in [1.82, 2.24) is 0 Å². The summed E-state index contributed by atoms with van der Waals surface area (Å²) in [5, 5.41) is 9.17. The summed E-state index contributed by atoms with van der Waals surface area (Å²) in [4.78, 5) is 22.7. The molecule has 2 aromatic carbocycles. The number of nitrogens with two attached hydrogens (primary N) is 1. The van der Waals surface area contributed by atoms with Crippen molar-refractivity contribution in [3.05, 3.63) is 59.2 Å². The van der Waals surface area contributed by atoms with Crippen LogP contribution in [0.25, 0.3) is 0 Å². The van der Waals surface area contributed by atoms with Crippen LogP contribution in [0.5, 0.6) is 5.75 Å². The van der Waals surface area contributed by atoms with Gasteiger partial charge in [0.25, 0.3) is 0 Å². The predicted molar refractivity (Wildman–Crippen MR) is 78.6 cm³/mol. The summed E-state index contributed by atoms with van der Waals surface area (Å²) in [6.45, 7) is 1.56. The molecule has 0 aliphatic heterocycles. The highest BCUT2D eigenvalue weighted by atomic mass is 16.5. The molecule has 0 heterocycles. The van der Waals surface area contributed by atoms with Gasteiger partial charge in [-0.1, -0.05) is 30.3 Å². The molecule has 5 nitrogen and oxygen atoms in total. The summed E-state index contributed by atoms with van der Waals surface area (Å²) in [5.41, 5.74) is 6.96. The number of carboxylic acids is 1. The summed E-state index contributed by atoms with van der Waals surface area (Å²) in [6.07, 6.45) is 0. The van der Waals surface area contributed by atoms with Crippen molar-refractivity contribution in [2.24, 2.45) is 0 Å². The molecule has 0 atom stereocenters. The first-order valence-electron chi connectivity index (χ1n) is 6.33. The molecule has 0 unspecified atom stereocenters. The van der Waals surface area contributed by atoms with Crippen molar-refractivity contribution in [1.29, 1.82) is 0 Å². The lowest BCUT2D eigenvalue weighted by molar-refractivity contribution is 0.0692. The quantitative estimate of drug-likeness (QED) is 0.651. The van der Waals surface area contributed by atoms with E-state index in [0.29, 0.717) is 0 Å².